The summed E-state index contributed by atoms with van der Waals surface area (Å²) < 4.78 is 5.73. The summed E-state index contributed by atoms with van der Waals surface area (Å²) in [4.78, 5) is 19.8. The van der Waals surface area contributed by atoms with Crippen molar-refractivity contribution in [1.82, 2.24) is 14.7 Å². The lowest BCUT2D eigenvalue weighted by Gasteiger charge is -2.32. The lowest BCUT2D eigenvalue weighted by Crippen LogP contribution is -2.45. The van der Waals surface area contributed by atoms with Gasteiger partial charge in [0.2, 0.25) is 5.91 Å². The Hall–Kier alpha value is -1.93. The van der Waals surface area contributed by atoms with Gasteiger partial charge in [-0.3, -0.25) is 14.6 Å². The SMILES string of the molecule is C=C[C@@H]1[C@@H](c2ccc3c(c2)CCO3)CN(CC(=O)N(CCCC)CCCO)[C@H]1CCN(CC)C(C)O. The fraction of sp³-hybridized carbons (Fsp3) is 0.690. The number of carbonyl (C=O) groups excluding carboxylic acids is 1. The zero-order chi connectivity index (χ0) is 26.1. The zero-order valence-corrected chi connectivity index (χ0v) is 22.6. The molecule has 7 nitrogen and oxygen atoms in total. The molecule has 7 heteroatoms. The number of rotatable bonds is 15. The average Bonchev–Trinajstić information content (AvgIpc) is 3.48. The largest absolute Gasteiger partial charge is 0.493 e. The third kappa shape index (κ3) is 7.09. The molecule has 2 heterocycles. The second-order valence-corrected chi connectivity index (χ2v) is 10.2. The van der Waals surface area contributed by atoms with Crippen LogP contribution in [0, 0.1) is 5.92 Å². The van der Waals surface area contributed by atoms with Crippen LogP contribution in [0.1, 0.15) is 63.5 Å². The van der Waals surface area contributed by atoms with Crippen molar-refractivity contribution in [3.05, 3.63) is 42.0 Å². The number of amides is 1. The van der Waals surface area contributed by atoms with Crippen LogP contribution in [-0.4, -0.2) is 95.6 Å². The van der Waals surface area contributed by atoms with Crippen LogP contribution >= 0.6 is 0 Å². The summed E-state index contributed by atoms with van der Waals surface area (Å²) in [7, 11) is 0. The Kier molecular flexibility index (Phi) is 11.2. The minimum Gasteiger partial charge on any atom is -0.493 e. The molecule has 0 aliphatic carbocycles. The lowest BCUT2D eigenvalue weighted by atomic mass is 9.83. The lowest BCUT2D eigenvalue weighted by molar-refractivity contribution is -0.133. The number of aliphatic hydroxyl groups is 2. The van der Waals surface area contributed by atoms with Crippen LogP contribution in [0.4, 0.5) is 0 Å². The molecule has 1 fully saturated rings. The molecule has 1 aromatic carbocycles. The highest BCUT2D eigenvalue weighted by molar-refractivity contribution is 5.78. The molecule has 0 saturated carbocycles. The molecule has 0 bridgehead atoms. The van der Waals surface area contributed by atoms with Crippen molar-refractivity contribution in [1.29, 1.82) is 0 Å². The van der Waals surface area contributed by atoms with Crippen molar-refractivity contribution in [2.24, 2.45) is 5.92 Å². The molecule has 36 heavy (non-hydrogen) atoms. The Balaban J connectivity index is 1.82. The van der Waals surface area contributed by atoms with E-state index in [0.717, 1.165) is 64.2 Å². The van der Waals surface area contributed by atoms with E-state index in [9.17, 15) is 15.0 Å². The van der Waals surface area contributed by atoms with E-state index in [1.54, 1.807) is 0 Å². The van der Waals surface area contributed by atoms with Crippen molar-refractivity contribution in [3.63, 3.8) is 0 Å². The zero-order valence-electron chi connectivity index (χ0n) is 22.6. The molecule has 2 aliphatic heterocycles. The Labute approximate surface area is 217 Å². The third-order valence-electron chi connectivity index (χ3n) is 7.93. The number of likely N-dealkylation sites (tertiary alicyclic amines) is 1. The van der Waals surface area contributed by atoms with E-state index in [-0.39, 0.29) is 30.4 Å². The minimum atomic E-state index is -0.496. The number of unbranched alkanes of at least 4 members (excludes halogenated alkanes) is 1. The first-order valence-corrected chi connectivity index (χ1v) is 13.9. The first-order chi connectivity index (χ1) is 17.4. The summed E-state index contributed by atoms with van der Waals surface area (Å²) in [6, 6.07) is 6.72. The van der Waals surface area contributed by atoms with Crippen LogP contribution in [0.2, 0.25) is 0 Å². The summed E-state index contributed by atoms with van der Waals surface area (Å²) in [5.74, 6) is 1.60. The van der Waals surface area contributed by atoms with E-state index in [0.29, 0.717) is 19.5 Å². The highest BCUT2D eigenvalue weighted by atomic mass is 16.5. The third-order valence-corrected chi connectivity index (χ3v) is 7.93. The average molecular weight is 502 g/mol. The van der Waals surface area contributed by atoms with E-state index in [1.165, 1.54) is 11.1 Å². The predicted molar refractivity (Wildman–Crippen MR) is 144 cm³/mol. The van der Waals surface area contributed by atoms with Crippen molar-refractivity contribution in [2.45, 2.75) is 71.1 Å². The van der Waals surface area contributed by atoms with Crippen LogP contribution in [0.5, 0.6) is 5.75 Å². The first-order valence-electron chi connectivity index (χ1n) is 13.9. The predicted octanol–water partition coefficient (Wildman–Crippen LogP) is 3.25. The molecule has 202 valence electrons. The van der Waals surface area contributed by atoms with Gasteiger partial charge in [0.05, 0.1) is 13.2 Å². The highest BCUT2D eigenvalue weighted by Crippen LogP contribution is 2.41. The molecule has 2 N–H and O–H groups in total. The number of benzene rings is 1. The van der Waals surface area contributed by atoms with Crippen LogP contribution in [-0.2, 0) is 11.2 Å². The maximum atomic E-state index is 13.5. The van der Waals surface area contributed by atoms with E-state index >= 15 is 0 Å². The number of carbonyl (C=O) groups is 1. The molecule has 1 aromatic rings. The van der Waals surface area contributed by atoms with Crippen LogP contribution < -0.4 is 4.74 Å². The van der Waals surface area contributed by atoms with Gasteiger partial charge in [0.1, 0.15) is 12.0 Å². The monoisotopic (exact) mass is 501 g/mol. The van der Waals surface area contributed by atoms with E-state index < -0.39 is 6.23 Å². The second-order valence-electron chi connectivity index (χ2n) is 10.2. The van der Waals surface area contributed by atoms with E-state index in [4.69, 9.17) is 4.74 Å². The molecule has 1 unspecified atom stereocenters. The number of nitrogens with zero attached hydrogens (tertiary/aromatic N) is 3. The van der Waals surface area contributed by atoms with Gasteiger partial charge < -0.3 is 19.8 Å². The Morgan fingerprint density at radius 3 is 2.72 bits per heavy atom. The second kappa shape index (κ2) is 14.1. The van der Waals surface area contributed by atoms with Crippen molar-refractivity contribution in [3.8, 4) is 5.75 Å². The number of ether oxygens (including phenoxy) is 1. The molecular formula is C29H47N3O4. The van der Waals surface area contributed by atoms with Gasteiger partial charge in [-0.2, -0.15) is 0 Å². The van der Waals surface area contributed by atoms with Crippen molar-refractivity contribution < 1.29 is 19.7 Å². The Bertz CT molecular complexity index is 838. The molecule has 3 rings (SSSR count). The van der Waals surface area contributed by atoms with E-state index in [2.05, 4.69) is 54.5 Å². The summed E-state index contributed by atoms with van der Waals surface area (Å²) in [6.07, 6.45) is 5.98. The van der Waals surface area contributed by atoms with Gasteiger partial charge in [0.15, 0.2) is 0 Å². The Morgan fingerprint density at radius 2 is 2.06 bits per heavy atom. The fourth-order valence-corrected chi connectivity index (χ4v) is 5.82. The van der Waals surface area contributed by atoms with Gasteiger partial charge in [-0.15, -0.1) is 6.58 Å². The standard InChI is InChI=1S/C29H47N3O4/c1-5-8-14-31(15-9-17-33)29(35)21-32-20-26(23-10-11-28-24(19-23)13-18-36-28)25(6-2)27(32)12-16-30(7-3)22(4)34/h6,10-11,19,22,25-27,33-34H,2,5,7-9,12-18,20-21H2,1,3-4H3/t22?,25-,26-,27+/m1/s1. The smallest absolute Gasteiger partial charge is 0.236 e. The van der Waals surface area contributed by atoms with Crippen molar-refractivity contribution >= 4 is 5.91 Å². The number of fused-ring (bicyclic) bond motifs is 1. The van der Waals surface area contributed by atoms with Gasteiger partial charge in [-0.25, -0.2) is 0 Å². The summed E-state index contributed by atoms with van der Waals surface area (Å²) in [5.41, 5.74) is 2.55. The van der Waals surface area contributed by atoms with Gasteiger partial charge in [-0.05, 0) is 49.9 Å². The van der Waals surface area contributed by atoms with Crippen LogP contribution in [0.15, 0.2) is 30.9 Å². The molecule has 1 saturated heterocycles. The maximum Gasteiger partial charge on any atom is 0.236 e. The summed E-state index contributed by atoms with van der Waals surface area (Å²) in [6.45, 7) is 15.1. The number of aliphatic hydroxyl groups excluding tert-OH is 2. The Morgan fingerprint density at radius 1 is 1.28 bits per heavy atom. The highest BCUT2D eigenvalue weighted by Gasteiger charge is 2.42. The topological polar surface area (TPSA) is 76.5 Å². The molecule has 4 atom stereocenters. The maximum absolute atomic E-state index is 13.5. The molecule has 2 aliphatic rings. The van der Waals surface area contributed by atoms with Gasteiger partial charge in [0.25, 0.3) is 0 Å². The number of hydrogen-bond donors (Lipinski definition) is 2. The fourth-order valence-electron chi connectivity index (χ4n) is 5.82. The van der Waals surface area contributed by atoms with Crippen LogP contribution in [0.3, 0.4) is 0 Å². The molecule has 0 spiro atoms. The number of hydrogen-bond acceptors (Lipinski definition) is 6. The van der Waals surface area contributed by atoms with Gasteiger partial charge in [-0.1, -0.05) is 38.5 Å². The minimum absolute atomic E-state index is 0.0943. The quantitative estimate of drug-likeness (QED) is 0.284. The molecule has 0 aromatic heterocycles. The van der Waals surface area contributed by atoms with Gasteiger partial charge >= 0.3 is 0 Å². The summed E-state index contributed by atoms with van der Waals surface area (Å²) >= 11 is 0. The summed E-state index contributed by atoms with van der Waals surface area (Å²) in [5, 5.41) is 19.5. The molecule has 1 amide bonds. The van der Waals surface area contributed by atoms with Gasteiger partial charge in [0, 0.05) is 57.1 Å². The van der Waals surface area contributed by atoms with Crippen LogP contribution in [0.25, 0.3) is 0 Å². The van der Waals surface area contributed by atoms with Crippen molar-refractivity contribution in [2.75, 3.05) is 52.5 Å². The normalized spacial score (nSPS) is 22.4. The molecular weight excluding hydrogens is 454 g/mol. The molecule has 0 radical (unpaired) electrons. The first kappa shape index (κ1) is 28.6. The van der Waals surface area contributed by atoms with E-state index in [1.807, 2.05) is 11.8 Å².